The Morgan fingerprint density at radius 1 is 0.828 bits per heavy atom. The van der Waals surface area contributed by atoms with Gasteiger partial charge in [-0.2, -0.15) is 0 Å². The third kappa shape index (κ3) is 10.4. The highest BCUT2D eigenvalue weighted by molar-refractivity contribution is 6.73. The van der Waals surface area contributed by atoms with Crippen LogP contribution in [0, 0.1) is 5.92 Å². The van der Waals surface area contributed by atoms with Gasteiger partial charge < -0.3 is 18.7 Å². The molecule has 1 aromatic carbocycles. The first kappa shape index (κ1) is 26.5. The molecule has 4 nitrogen and oxygen atoms in total. The van der Waals surface area contributed by atoms with E-state index in [0.29, 0.717) is 25.3 Å². The van der Waals surface area contributed by atoms with Gasteiger partial charge in [-0.05, 0) is 71.5 Å². The summed E-state index contributed by atoms with van der Waals surface area (Å²) in [5.74, 6) is -0.00344. The van der Waals surface area contributed by atoms with Gasteiger partial charge in [-0.15, -0.1) is 0 Å². The fourth-order valence-electron chi connectivity index (χ4n) is 4.33. The van der Waals surface area contributed by atoms with Gasteiger partial charge in [-0.1, -0.05) is 37.3 Å². The number of aliphatic hydroxyl groups is 1. The van der Waals surface area contributed by atoms with Crippen LogP contribution in [0.2, 0.25) is 38.3 Å². The zero-order valence-electron chi connectivity index (χ0n) is 20.1. The van der Waals surface area contributed by atoms with Crippen LogP contribution in [0.4, 0.5) is 0 Å². The van der Waals surface area contributed by atoms with Crippen LogP contribution in [0.1, 0.15) is 40.2 Å². The third-order valence-corrected chi connectivity index (χ3v) is 10.1. The molecule has 0 bridgehead atoms. The van der Waals surface area contributed by atoms with Crippen molar-refractivity contribution in [1.29, 1.82) is 0 Å². The quantitative estimate of drug-likeness (QED) is 0.392. The van der Waals surface area contributed by atoms with Crippen molar-refractivity contribution in [2.75, 3.05) is 6.61 Å². The molecule has 168 valence electrons. The van der Waals surface area contributed by atoms with Crippen molar-refractivity contribution < 1.29 is 18.7 Å². The van der Waals surface area contributed by atoms with Crippen molar-refractivity contribution in [3.8, 4) is 0 Å². The molecule has 0 aliphatic carbocycles. The van der Waals surface area contributed by atoms with Crippen molar-refractivity contribution in [2.24, 2.45) is 5.92 Å². The standard InChI is InChI=1S/C23H44O4Si2/c1-19(2)26-28(6,7)17-23(24,18-29(8,9)27-20(3)4)21(5)15-25-16-22-13-11-10-12-14-22/h10-14,19-21,24H,15-18H2,1-9H3/t21-/m0/s1. The predicted molar refractivity (Wildman–Crippen MR) is 127 cm³/mol. The van der Waals surface area contributed by atoms with E-state index < -0.39 is 22.2 Å². The molecule has 0 spiro atoms. The molecule has 1 aromatic rings. The van der Waals surface area contributed by atoms with Gasteiger partial charge in [0.1, 0.15) is 0 Å². The summed E-state index contributed by atoms with van der Waals surface area (Å²) in [6.07, 6.45) is 0.338. The molecule has 0 amide bonds. The van der Waals surface area contributed by atoms with Crippen LogP contribution in [0.3, 0.4) is 0 Å². The Bertz CT molecular complexity index is 564. The average Bonchev–Trinajstić information content (AvgIpc) is 2.51. The highest BCUT2D eigenvalue weighted by atomic mass is 28.4. The second-order valence-electron chi connectivity index (χ2n) is 10.2. The van der Waals surface area contributed by atoms with Gasteiger partial charge in [0.05, 0.1) is 18.8 Å². The van der Waals surface area contributed by atoms with Gasteiger partial charge in [0.2, 0.25) is 0 Å². The normalized spacial score (nSPS) is 14.6. The van der Waals surface area contributed by atoms with Crippen LogP contribution in [-0.4, -0.2) is 46.2 Å². The largest absolute Gasteiger partial charge is 0.415 e. The van der Waals surface area contributed by atoms with Crippen LogP contribution in [0.25, 0.3) is 0 Å². The highest BCUT2D eigenvalue weighted by Gasteiger charge is 2.46. The average molecular weight is 441 g/mol. The Labute approximate surface area is 181 Å². The minimum atomic E-state index is -2.05. The summed E-state index contributed by atoms with van der Waals surface area (Å²) < 4.78 is 18.5. The predicted octanol–water partition coefficient (Wildman–Crippen LogP) is 5.83. The molecule has 0 heterocycles. The second kappa shape index (κ2) is 11.2. The molecule has 29 heavy (non-hydrogen) atoms. The van der Waals surface area contributed by atoms with E-state index in [4.69, 9.17) is 13.6 Å². The van der Waals surface area contributed by atoms with Crippen LogP contribution >= 0.6 is 0 Å². The molecule has 0 aliphatic rings. The molecule has 0 aromatic heterocycles. The number of hydrogen-bond acceptors (Lipinski definition) is 4. The van der Waals surface area contributed by atoms with Gasteiger partial charge in [0.15, 0.2) is 16.6 Å². The van der Waals surface area contributed by atoms with Crippen LogP contribution in [0.15, 0.2) is 30.3 Å². The van der Waals surface area contributed by atoms with E-state index in [2.05, 4.69) is 72.9 Å². The molecular weight excluding hydrogens is 396 g/mol. The molecule has 1 N–H and O–H groups in total. The highest BCUT2D eigenvalue weighted by Crippen LogP contribution is 2.37. The van der Waals surface area contributed by atoms with Crippen molar-refractivity contribution in [3.63, 3.8) is 0 Å². The summed E-state index contributed by atoms with van der Waals surface area (Å²) in [5, 5.41) is 11.9. The maximum atomic E-state index is 11.9. The molecule has 6 heteroatoms. The Morgan fingerprint density at radius 2 is 1.28 bits per heavy atom. The Morgan fingerprint density at radius 3 is 1.69 bits per heavy atom. The number of ether oxygens (including phenoxy) is 1. The Kier molecular flexibility index (Phi) is 10.3. The summed E-state index contributed by atoms with van der Waals surface area (Å²) in [5.41, 5.74) is 0.297. The van der Waals surface area contributed by atoms with E-state index in [1.165, 1.54) is 0 Å². The van der Waals surface area contributed by atoms with Gasteiger partial charge in [0, 0.05) is 18.1 Å². The fraction of sp³-hybridized carbons (Fsp3) is 0.739. The number of rotatable bonds is 13. The van der Waals surface area contributed by atoms with E-state index in [-0.39, 0.29) is 18.1 Å². The van der Waals surface area contributed by atoms with Gasteiger partial charge >= 0.3 is 0 Å². The van der Waals surface area contributed by atoms with Crippen molar-refractivity contribution in [2.45, 2.75) is 97.3 Å². The van der Waals surface area contributed by atoms with E-state index in [1.807, 2.05) is 18.2 Å². The first-order chi connectivity index (χ1) is 13.2. The van der Waals surface area contributed by atoms with Crippen LogP contribution in [0.5, 0.6) is 0 Å². The summed E-state index contributed by atoms with van der Waals surface area (Å²) in [7, 11) is -4.09. The molecule has 0 radical (unpaired) electrons. The van der Waals surface area contributed by atoms with Crippen molar-refractivity contribution in [3.05, 3.63) is 35.9 Å². The smallest absolute Gasteiger partial charge is 0.189 e. The van der Waals surface area contributed by atoms with Gasteiger partial charge in [-0.3, -0.25) is 0 Å². The zero-order chi connectivity index (χ0) is 22.3. The Balaban J connectivity index is 2.91. The molecular formula is C23H44O4Si2. The van der Waals surface area contributed by atoms with E-state index in [9.17, 15) is 5.11 Å². The monoisotopic (exact) mass is 440 g/mol. The molecule has 0 saturated heterocycles. The SMILES string of the molecule is CC(C)O[Si](C)(C)CC(O)(C[Si](C)(C)OC(C)C)[C@@H](C)COCc1ccccc1. The number of hydrogen-bond donors (Lipinski definition) is 1. The summed E-state index contributed by atoms with van der Waals surface area (Å²) in [4.78, 5) is 0. The lowest BCUT2D eigenvalue weighted by atomic mass is 9.93. The van der Waals surface area contributed by atoms with Gasteiger partial charge in [-0.25, -0.2) is 0 Å². The van der Waals surface area contributed by atoms with Crippen LogP contribution in [-0.2, 0) is 20.2 Å². The lowest BCUT2D eigenvalue weighted by molar-refractivity contribution is -0.0316. The van der Waals surface area contributed by atoms with Crippen molar-refractivity contribution >= 4 is 16.6 Å². The minimum Gasteiger partial charge on any atom is -0.415 e. The lowest BCUT2D eigenvalue weighted by Gasteiger charge is -2.43. The summed E-state index contributed by atoms with van der Waals surface area (Å²) >= 11 is 0. The number of benzene rings is 1. The maximum Gasteiger partial charge on any atom is 0.189 e. The Hall–Kier alpha value is -0.506. The molecule has 1 atom stereocenters. The molecule has 1 rings (SSSR count). The van der Waals surface area contributed by atoms with E-state index in [0.717, 1.165) is 5.56 Å². The maximum absolute atomic E-state index is 11.9. The van der Waals surface area contributed by atoms with Crippen LogP contribution < -0.4 is 0 Å². The van der Waals surface area contributed by atoms with Crippen molar-refractivity contribution in [1.82, 2.24) is 0 Å². The topological polar surface area (TPSA) is 47.9 Å². The molecule has 0 unspecified atom stereocenters. The summed E-state index contributed by atoms with van der Waals surface area (Å²) in [6.45, 7) is 20.3. The minimum absolute atomic E-state index is 0.00344. The third-order valence-electron chi connectivity index (χ3n) is 4.97. The van der Waals surface area contributed by atoms with E-state index in [1.54, 1.807) is 0 Å². The first-order valence-corrected chi connectivity index (χ1v) is 17.2. The molecule has 0 saturated carbocycles. The fourth-order valence-corrected chi connectivity index (χ4v) is 11.2. The first-order valence-electron chi connectivity index (χ1n) is 10.9. The van der Waals surface area contributed by atoms with Gasteiger partial charge in [0.25, 0.3) is 0 Å². The second-order valence-corrected chi connectivity index (χ2v) is 18.4. The zero-order valence-corrected chi connectivity index (χ0v) is 22.1. The summed E-state index contributed by atoms with van der Waals surface area (Å²) in [6, 6.07) is 11.6. The molecule has 0 aliphatic heterocycles. The lowest BCUT2D eigenvalue weighted by Crippen LogP contribution is -2.53. The molecule has 0 fully saturated rings. The van der Waals surface area contributed by atoms with E-state index >= 15 is 0 Å².